The highest BCUT2D eigenvalue weighted by atomic mass is 16.5. The van der Waals surface area contributed by atoms with Crippen LogP contribution in [-0.2, 0) is 11.3 Å². The Morgan fingerprint density at radius 3 is 2.96 bits per heavy atom. The van der Waals surface area contributed by atoms with Gasteiger partial charge in [-0.3, -0.25) is 19.0 Å². The molecule has 0 bridgehead atoms. The predicted molar refractivity (Wildman–Crippen MR) is 94.4 cm³/mol. The number of aromatic nitrogens is 2. The predicted octanol–water partition coefficient (Wildman–Crippen LogP) is 1.16. The van der Waals surface area contributed by atoms with Crippen molar-refractivity contribution >= 4 is 5.65 Å². The van der Waals surface area contributed by atoms with Crippen LogP contribution in [0.3, 0.4) is 0 Å². The fraction of sp³-hybridized carbons (Fsp3) is 0.556. The first kappa shape index (κ1) is 17.1. The van der Waals surface area contributed by atoms with Gasteiger partial charge in [0.05, 0.1) is 12.3 Å². The average molecular weight is 330 g/mol. The molecule has 0 unspecified atom stereocenters. The van der Waals surface area contributed by atoms with Crippen molar-refractivity contribution in [3.8, 4) is 0 Å². The van der Waals surface area contributed by atoms with Crippen LogP contribution in [0.5, 0.6) is 0 Å². The number of rotatable bonds is 5. The highest BCUT2D eigenvalue weighted by molar-refractivity contribution is 5.46. The lowest BCUT2D eigenvalue weighted by Crippen LogP contribution is -2.52. The topological polar surface area (TPSA) is 50.1 Å². The normalized spacial score (nSPS) is 19.9. The Morgan fingerprint density at radius 2 is 2.21 bits per heavy atom. The number of hydrogen-bond donors (Lipinski definition) is 0. The van der Waals surface area contributed by atoms with Gasteiger partial charge in [-0.25, -0.2) is 4.98 Å². The first-order chi connectivity index (χ1) is 11.6. The van der Waals surface area contributed by atoms with Crippen molar-refractivity contribution in [1.82, 2.24) is 19.2 Å². The van der Waals surface area contributed by atoms with Gasteiger partial charge in [-0.05, 0) is 25.5 Å². The van der Waals surface area contributed by atoms with Crippen LogP contribution >= 0.6 is 0 Å². The molecule has 0 amide bonds. The number of hydrogen-bond acceptors (Lipinski definition) is 5. The number of ether oxygens (including phenoxy) is 1. The van der Waals surface area contributed by atoms with Gasteiger partial charge in [-0.1, -0.05) is 6.07 Å². The van der Waals surface area contributed by atoms with Crippen LogP contribution in [-0.4, -0.2) is 65.1 Å². The Hall–Kier alpha value is -1.76. The molecule has 1 fully saturated rings. The highest BCUT2D eigenvalue weighted by Crippen LogP contribution is 2.13. The lowest BCUT2D eigenvalue weighted by molar-refractivity contribution is 0.0552. The first-order valence-corrected chi connectivity index (χ1v) is 8.51. The van der Waals surface area contributed by atoms with E-state index < -0.39 is 0 Å². The zero-order chi connectivity index (χ0) is 17.1. The number of piperazine rings is 1. The zero-order valence-electron chi connectivity index (χ0n) is 14.7. The molecule has 0 radical (unpaired) electrons. The third-order valence-corrected chi connectivity index (χ3v) is 4.76. The van der Waals surface area contributed by atoms with E-state index in [4.69, 9.17) is 9.72 Å². The lowest BCUT2D eigenvalue weighted by Gasteiger charge is -2.39. The zero-order valence-corrected chi connectivity index (χ0v) is 14.7. The standard InChI is InChI=1S/C18H26N4O2/c1-14-5-4-6-22-17(23)11-16(19-18(14)22)13-20-7-8-21(9-10-24-3)15(2)12-20/h4-6,11,15H,7-10,12-13H2,1-3H3/t15-/m1/s1. The first-order valence-electron chi connectivity index (χ1n) is 8.51. The Bertz CT molecular complexity index is 758. The summed E-state index contributed by atoms with van der Waals surface area (Å²) in [5.74, 6) is 0. The summed E-state index contributed by atoms with van der Waals surface area (Å²) in [6.07, 6.45) is 1.78. The van der Waals surface area contributed by atoms with Crippen LogP contribution in [0.25, 0.3) is 5.65 Å². The minimum atomic E-state index is -0.00882. The van der Waals surface area contributed by atoms with Gasteiger partial charge in [0.1, 0.15) is 5.65 Å². The van der Waals surface area contributed by atoms with Crippen LogP contribution in [0.15, 0.2) is 29.2 Å². The molecule has 130 valence electrons. The summed E-state index contributed by atoms with van der Waals surface area (Å²) in [6, 6.07) is 6.01. The third-order valence-electron chi connectivity index (χ3n) is 4.76. The van der Waals surface area contributed by atoms with E-state index in [2.05, 4.69) is 16.7 Å². The Kier molecular flexibility index (Phi) is 5.28. The van der Waals surface area contributed by atoms with Crippen molar-refractivity contribution in [1.29, 1.82) is 0 Å². The quantitative estimate of drug-likeness (QED) is 0.823. The van der Waals surface area contributed by atoms with Crippen LogP contribution in [0.2, 0.25) is 0 Å². The van der Waals surface area contributed by atoms with Gasteiger partial charge in [0.15, 0.2) is 0 Å². The summed E-state index contributed by atoms with van der Waals surface area (Å²) < 4.78 is 6.79. The smallest absolute Gasteiger partial charge is 0.258 e. The number of pyridine rings is 1. The van der Waals surface area contributed by atoms with Crippen molar-refractivity contribution in [3.63, 3.8) is 0 Å². The second kappa shape index (κ2) is 7.42. The average Bonchev–Trinajstić information content (AvgIpc) is 2.55. The van der Waals surface area contributed by atoms with Crippen molar-refractivity contribution in [2.45, 2.75) is 26.4 Å². The Labute approximate surface area is 142 Å². The van der Waals surface area contributed by atoms with Crippen molar-refractivity contribution in [2.24, 2.45) is 0 Å². The van der Waals surface area contributed by atoms with E-state index >= 15 is 0 Å². The van der Waals surface area contributed by atoms with Gasteiger partial charge in [0, 0.05) is 58.1 Å². The molecule has 0 saturated carbocycles. The molecule has 1 aliphatic rings. The van der Waals surface area contributed by atoms with Crippen molar-refractivity contribution in [3.05, 3.63) is 46.0 Å². The van der Waals surface area contributed by atoms with Crippen LogP contribution in [0, 0.1) is 6.92 Å². The van der Waals surface area contributed by atoms with Gasteiger partial charge in [0.25, 0.3) is 5.56 Å². The highest BCUT2D eigenvalue weighted by Gasteiger charge is 2.23. The summed E-state index contributed by atoms with van der Waals surface area (Å²) >= 11 is 0. The van der Waals surface area contributed by atoms with E-state index in [1.807, 2.05) is 19.1 Å². The van der Waals surface area contributed by atoms with Gasteiger partial charge >= 0.3 is 0 Å². The van der Waals surface area contributed by atoms with E-state index in [-0.39, 0.29) is 5.56 Å². The van der Waals surface area contributed by atoms with Crippen LogP contribution in [0.1, 0.15) is 18.2 Å². The van der Waals surface area contributed by atoms with Crippen molar-refractivity contribution in [2.75, 3.05) is 39.9 Å². The summed E-state index contributed by atoms with van der Waals surface area (Å²) in [5, 5.41) is 0. The number of fused-ring (bicyclic) bond motifs is 1. The number of nitrogens with zero attached hydrogens (tertiary/aromatic N) is 4. The molecule has 1 atom stereocenters. The van der Waals surface area contributed by atoms with E-state index in [1.165, 1.54) is 0 Å². The molecule has 2 aromatic heterocycles. The fourth-order valence-corrected chi connectivity index (χ4v) is 3.37. The molecule has 0 spiro atoms. The fourth-order valence-electron chi connectivity index (χ4n) is 3.37. The van der Waals surface area contributed by atoms with E-state index in [9.17, 15) is 4.79 Å². The third kappa shape index (κ3) is 3.66. The molecule has 1 saturated heterocycles. The molecule has 0 aliphatic carbocycles. The van der Waals surface area contributed by atoms with Gasteiger partial charge < -0.3 is 4.74 Å². The minimum absolute atomic E-state index is 0.00882. The van der Waals surface area contributed by atoms with E-state index in [1.54, 1.807) is 23.8 Å². The second-order valence-electron chi connectivity index (χ2n) is 6.58. The maximum Gasteiger partial charge on any atom is 0.258 e. The Morgan fingerprint density at radius 1 is 1.38 bits per heavy atom. The number of aryl methyl sites for hydroxylation is 1. The lowest BCUT2D eigenvalue weighted by atomic mass is 10.2. The molecule has 6 heteroatoms. The van der Waals surface area contributed by atoms with Crippen LogP contribution in [0.4, 0.5) is 0 Å². The Balaban J connectivity index is 1.72. The summed E-state index contributed by atoms with van der Waals surface area (Å²) in [6.45, 7) is 9.70. The largest absolute Gasteiger partial charge is 0.383 e. The summed E-state index contributed by atoms with van der Waals surface area (Å²) in [7, 11) is 1.74. The van der Waals surface area contributed by atoms with Crippen molar-refractivity contribution < 1.29 is 4.74 Å². The monoisotopic (exact) mass is 330 g/mol. The van der Waals surface area contributed by atoms with E-state index in [0.717, 1.165) is 56.2 Å². The molecule has 0 aromatic carbocycles. The van der Waals surface area contributed by atoms with E-state index in [0.29, 0.717) is 6.04 Å². The molecule has 2 aromatic rings. The molecular weight excluding hydrogens is 304 g/mol. The minimum Gasteiger partial charge on any atom is -0.383 e. The maximum atomic E-state index is 12.3. The molecule has 3 heterocycles. The van der Waals surface area contributed by atoms with Gasteiger partial charge in [-0.15, -0.1) is 0 Å². The molecule has 6 nitrogen and oxygen atoms in total. The van der Waals surface area contributed by atoms with Gasteiger partial charge in [0.2, 0.25) is 0 Å². The molecule has 0 N–H and O–H groups in total. The molecular formula is C18H26N4O2. The maximum absolute atomic E-state index is 12.3. The molecule has 24 heavy (non-hydrogen) atoms. The number of methoxy groups -OCH3 is 1. The van der Waals surface area contributed by atoms with Gasteiger partial charge in [-0.2, -0.15) is 0 Å². The summed E-state index contributed by atoms with van der Waals surface area (Å²) in [5.41, 5.74) is 2.62. The second-order valence-corrected chi connectivity index (χ2v) is 6.58. The molecule has 3 rings (SSSR count). The summed E-state index contributed by atoms with van der Waals surface area (Å²) in [4.78, 5) is 21.9. The van der Waals surface area contributed by atoms with Crippen LogP contribution < -0.4 is 5.56 Å². The molecule has 1 aliphatic heterocycles. The SMILES string of the molecule is COCCN1CCN(Cc2cc(=O)n3cccc(C)c3n2)C[C@H]1C.